The number of hydrogen-bond acceptors (Lipinski definition) is 6. The highest BCUT2D eigenvalue weighted by Gasteiger charge is 2.14. The van der Waals surface area contributed by atoms with Gasteiger partial charge in [-0.05, 0) is 18.6 Å². The predicted molar refractivity (Wildman–Crippen MR) is 69.3 cm³/mol. The molecule has 0 atom stereocenters. The first kappa shape index (κ1) is 13.3. The Morgan fingerprint density at radius 1 is 1.53 bits per heavy atom. The number of benzene rings is 1. The van der Waals surface area contributed by atoms with Crippen molar-refractivity contribution in [1.29, 1.82) is 0 Å². The maximum atomic E-state index is 10.7. The summed E-state index contributed by atoms with van der Waals surface area (Å²) in [4.78, 5) is 14.1. The van der Waals surface area contributed by atoms with E-state index in [1.54, 1.807) is 13.0 Å². The summed E-state index contributed by atoms with van der Waals surface area (Å²) in [5.74, 6) is 0.596. The van der Waals surface area contributed by atoms with Gasteiger partial charge in [0.25, 0.3) is 5.69 Å². The number of aryl methyl sites for hydroxylation is 1. The lowest BCUT2D eigenvalue weighted by Gasteiger charge is -2.09. The molecule has 1 aromatic heterocycles. The van der Waals surface area contributed by atoms with Gasteiger partial charge in [-0.2, -0.15) is 4.98 Å². The van der Waals surface area contributed by atoms with Gasteiger partial charge in [0.2, 0.25) is 6.39 Å². The van der Waals surface area contributed by atoms with Crippen LogP contribution in [0.25, 0.3) is 0 Å². The number of nitro benzene ring substituents is 1. The van der Waals surface area contributed by atoms with Crippen LogP contribution in [0.1, 0.15) is 11.4 Å². The smallest absolute Gasteiger partial charge is 0.288 e. The van der Waals surface area contributed by atoms with Crippen LogP contribution in [0.2, 0.25) is 5.02 Å². The Labute approximate surface area is 113 Å². The second-order valence-corrected chi connectivity index (χ2v) is 4.31. The van der Waals surface area contributed by atoms with Crippen LogP contribution in [-0.2, 0) is 6.42 Å². The van der Waals surface area contributed by atoms with Crippen LogP contribution < -0.4 is 5.32 Å². The zero-order chi connectivity index (χ0) is 13.8. The van der Waals surface area contributed by atoms with E-state index in [9.17, 15) is 10.1 Å². The van der Waals surface area contributed by atoms with Crippen molar-refractivity contribution in [3.8, 4) is 0 Å². The van der Waals surface area contributed by atoms with Gasteiger partial charge in [-0.25, -0.2) is 0 Å². The molecule has 1 N–H and O–H groups in total. The Bertz CT molecular complexity index is 586. The van der Waals surface area contributed by atoms with Crippen molar-refractivity contribution in [1.82, 2.24) is 10.1 Å². The summed E-state index contributed by atoms with van der Waals surface area (Å²) >= 11 is 5.85. The number of halogens is 1. The zero-order valence-corrected chi connectivity index (χ0v) is 10.8. The fraction of sp³-hybridized carbons (Fsp3) is 0.273. The highest BCUT2D eigenvalue weighted by atomic mass is 35.5. The van der Waals surface area contributed by atoms with Crippen molar-refractivity contribution in [2.75, 3.05) is 11.9 Å². The molecule has 2 rings (SSSR count). The number of rotatable bonds is 5. The molecule has 0 aliphatic carbocycles. The van der Waals surface area contributed by atoms with E-state index >= 15 is 0 Å². The molecule has 0 aliphatic heterocycles. The Hall–Kier alpha value is -2.15. The molecule has 0 amide bonds. The third-order valence-corrected chi connectivity index (χ3v) is 2.86. The lowest BCUT2D eigenvalue weighted by Crippen LogP contribution is -2.07. The number of nitro groups is 1. The van der Waals surface area contributed by atoms with Crippen molar-refractivity contribution in [3.05, 3.63) is 45.1 Å². The average Bonchev–Trinajstić information content (AvgIpc) is 2.85. The molecule has 19 heavy (non-hydrogen) atoms. The highest BCUT2D eigenvalue weighted by molar-refractivity contribution is 6.33. The van der Waals surface area contributed by atoms with E-state index in [1.807, 2.05) is 0 Å². The molecule has 0 fully saturated rings. The van der Waals surface area contributed by atoms with Gasteiger partial charge < -0.3 is 9.84 Å². The van der Waals surface area contributed by atoms with E-state index in [1.165, 1.54) is 12.5 Å². The van der Waals surface area contributed by atoms with E-state index in [-0.39, 0.29) is 10.7 Å². The number of anilines is 1. The fourth-order valence-electron chi connectivity index (χ4n) is 1.61. The quantitative estimate of drug-likeness (QED) is 0.669. The minimum Gasteiger partial charge on any atom is -0.384 e. The summed E-state index contributed by atoms with van der Waals surface area (Å²) in [6, 6.07) is 2.99. The van der Waals surface area contributed by atoms with Crippen molar-refractivity contribution < 1.29 is 9.45 Å². The summed E-state index contributed by atoms with van der Waals surface area (Å²) in [6.45, 7) is 2.36. The first-order chi connectivity index (χ1) is 9.08. The minimum absolute atomic E-state index is 0.0946. The van der Waals surface area contributed by atoms with Crippen LogP contribution in [0.5, 0.6) is 0 Å². The van der Waals surface area contributed by atoms with E-state index in [4.69, 9.17) is 11.6 Å². The monoisotopic (exact) mass is 282 g/mol. The predicted octanol–water partition coefficient (Wildman–Crippen LogP) is 2.59. The summed E-state index contributed by atoms with van der Waals surface area (Å²) in [5, 5.41) is 17.7. The topological polar surface area (TPSA) is 94.1 Å². The molecule has 0 saturated heterocycles. The van der Waals surface area contributed by atoms with Gasteiger partial charge in [0, 0.05) is 24.7 Å². The molecular formula is C11H11ClN4O3. The van der Waals surface area contributed by atoms with E-state index in [2.05, 4.69) is 20.0 Å². The molecule has 0 aliphatic rings. The Kier molecular flexibility index (Phi) is 3.96. The first-order valence-corrected chi connectivity index (χ1v) is 5.89. The number of nitrogens with one attached hydrogen (secondary N) is 1. The van der Waals surface area contributed by atoms with Gasteiger partial charge in [-0.1, -0.05) is 16.8 Å². The maximum absolute atomic E-state index is 10.7. The second-order valence-electron chi connectivity index (χ2n) is 3.90. The van der Waals surface area contributed by atoms with Gasteiger partial charge in [0.15, 0.2) is 5.82 Å². The van der Waals surface area contributed by atoms with Crippen molar-refractivity contribution in [2.45, 2.75) is 13.3 Å². The van der Waals surface area contributed by atoms with Gasteiger partial charge >= 0.3 is 0 Å². The van der Waals surface area contributed by atoms with E-state index in [0.717, 1.165) is 11.3 Å². The normalized spacial score (nSPS) is 10.4. The third-order valence-electron chi connectivity index (χ3n) is 2.56. The van der Waals surface area contributed by atoms with Crippen LogP contribution in [0.3, 0.4) is 0 Å². The molecule has 0 unspecified atom stereocenters. The van der Waals surface area contributed by atoms with E-state index < -0.39 is 4.92 Å². The zero-order valence-electron chi connectivity index (χ0n) is 10.1. The van der Waals surface area contributed by atoms with Gasteiger partial charge in [0.1, 0.15) is 5.02 Å². The van der Waals surface area contributed by atoms with Gasteiger partial charge in [-0.3, -0.25) is 10.1 Å². The van der Waals surface area contributed by atoms with Crippen LogP contribution >= 0.6 is 11.6 Å². The SMILES string of the molecule is Cc1cc([N+](=O)[O-])c(Cl)cc1NCCc1ncon1. The summed E-state index contributed by atoms with van der Waals surface area (Å²) < 4.78 is 4.62. The number of hydrogen-bond donors (Lipinski definition) is 1. The standard InChI is InChI=1S/C11H11ClN4O3/c1-7-4-10(16(17)18)8(12)5-9(7)13-3-2-11-14-6-19-15-11/h4-6,13H,2-3H2,1H3. The Morgan fingerprint density at radius 3 is 2.95 bits per heavy atom. The molecule has 7 nitrogen and oxygen atoms in total. The third kappa shape index (κ3) is 3.19. The average molecular weight is 283 g/mol. The molecule has 0 saturated carbocycles. The number of nitrogens with zero attached hydrogens (tertiary/aromatic N) is 3. The van der Waals surface area contributed by atoms with Crippen molar-refractivity contribution >= 4 is 23.0 Å². The molecular weight excluding hydrogens is 272 g/mol. The van der Waals surface area contributed by atoms with Crippen LogP contribution in [0.4, 0.5) is 11.4 Å². The van der Waals surface area contributed by atoms with Crippen molar-refractivity contribution in [2.24, 2.45) is 0 Å². The molecule has 2 aromatic rings. The molecule has 100 valence electrons. The lowest BCUT2D eigenvalue weighted by molar-refractivity contribution is -0.384. The fourth-order valence-corrected chi connectivity index (χ4v) is 1.84. The van der Waals surface area contributed by atoms with Gasteiger partial charge in [0.05, 0.1) is 4.92 Å². The Morgan fingerprint density at radius 2 is 2.32 bits per heavy atom. The molecule has 1 heterocycles. The van der Waals surface area contributed by atoms with Crippen LogP contribution in [0.15, 0.2) is 23.0 Å². The molecule has 0 spiro atoms. The van der Waals surface area contributed by atoms with Gasteiger partial charge in [-0.15, -0.1) is 0 Å². The largest absolute Gasteiger partial charge is 0.384 e. The molecule has 0 radical (unpaired) electrons. The summed E-state index contributed by atoms with van der Waals surface area (Å²) in [6.07, 6.45) is 1.86. The Balaban J connectivity index is 2.04. The molecule has 1 aromatic carbocycles. The minimum atomic E-state index is -0.502. The maximum Gasteiger partial charge on any atom is 0.288 e. The summed E-state index contributed by atoms with van der Waals surface area (Å²) in [7, 11) is 0. The highest BCUT2D eigenvalue weighted by Crippen LogP contribution is 2.30. The second kappa shape index (κ2) is 5.66. The summed E-state index contributed by atoms with van der Waals surface area (Å²) in [5.41, 5.74) is 1.41. The first-order valence-electron chi connectivity index (χ1n) is 5.51. The van der Waals surface area contributed by atoms with Crippen LogP contribution in [-0.4, -0.2) is 21.6 Å². The molecule has 8 heteroatoms. The van der Waals surface area contributed by atoms with Crippen LogP contribution in [0, 0.1) is 17.0 Å². The number of aromatic nitrogens is 2. The molecule has 0 bridgehead atoms. The van der Waals surface area contributed by atoms with Crippen molar-refractivity contribution in [3.63, 3.8) is 0 Å². The lowest BCUT2D eigenvalue weighted by atomic mass is 10.1. The van der Waals surface area contributed by atoms with E-state index in [0.29, 0.717) is 18.8 Å².